The average molecular weight is 399 g/mol. The van der Waals surface area contributed by atoms with E-state index in [1.54, 1.807) is 24.5 Å². The van der Waals surface area contributed by atoms with Gasteiger partial charge in [-0.25, -0.2) is 4.39 Å². The van der Waals surface area contributed by atoms with Gasteiger partial charge in [0.15, 0.2) is 0 Å². The molecule has 3 N–H and O–H groups in total. The Hall–Kier alpha value is -2.24. The second-order valence-corrected chi connectivity index (χ2v) is 8.31. The molecule has 4 nitrogen and oxygen atoms in total. The Morgan fingerprint density at radius 3 is 2.72 bits per heavy atom. The Labute approximate surface area is 171 Å². The Morgan fingerprint density at radius 2 is 2.14 bits per heavy atom. The van der Waals surface area contributed by atoms with Gasteiger partial charge in [0.2, 0.25) is 0 Å². The summed E-state index contributed by atoms with van der Waals surface area (Å²) in [5.41, 5.74) is 11.5. The lowest BCUT2D eigenvalue weighted by molar-refractivity contribution is 0.184. The van der Waals surface area contributed by atoms with Crippen LogP contribution in [0.1, 0.15) is 44.0 Å². The first-order valence-electron chi connectivity index (χ1n) is 10.3. The van der Waals surface area contributed by atoms with E-state index in [1.807, 2.05) is 19.1 Å². The number of hydrogen-bond acceptors (Lipinski definition) is 3. The zero-order valence-corrected chi connectivity index (χ0v) is 17.8. The maximum atomic E-state index is 15.1. The van der Waals surface area contributed by atoms with Crippen LogP contribution in [-0.2, 0) is 13.0 Å². The first-order valence-corrected chi connectivity index (χ1v) is 10.3. The van der Waals surface area contributed by atoms with Crippen LogP contribution >= 0.6 is 0 Å². The minimum Gasteiger partial charge on any atom is -0.393 e. The molecule has 2 aliphatic rings. The Kier molecular flexibility index (Phi) is 6.11. The lowest BCUT2D eigenvalue weighted by atomic mass is 9.77. The first kappa shape index (κ1) is 21.5. The fraction of sp³-hybridized carbons (Fsp3) is 0.458. The van der Waals surface area contributed by atoms with E-state index < -0.39 is 6.10 Å². The number of hydrogen-bond donors (Lipinski definition) is 2. The topological polar surface area (TPSA) is 68.2 Å². The number of nitrogens with zero attached hydrogens (tertiary/aromatic N) is 1. The minimum absolute atomic E-state index is 0.0488. The summed E-state index contributed by atoms with van der Waals surface area (Å²) in [6.45, 7) is 12.2. The van der Waals surface area contributed by atoms with Crippen LogP contribution in [0.5, 0.6) is 0 Å². The number of pyridine rings is 1. The third-order valence-electron chi connectivity index (χ3n) is 6.46. The zero-order chi connectivity index (χ0) is 21.5. The van der Waals surface area contributed by atoms with Gasteiger partial charge in [0.05, 0.1) is 11.8 Å². The molecule has 3 rings (SSSR count). The van der Waals surface area contributed by atoms with Gasteiger partial charge >= 0.3 is 0 Å². The Morgan fingerprint density at radius 1 is 1.45 bits per heavy atom. The smallest absolute Gasteiger partial charge is 0.254 e. The highest BCUT2D eigenvalue weighted by atomic mass is 19.1. The Balaban J connectivity index is 2.17. The summed E-state index contributed by atoms with van der Waals surface area (Å²) in [7, 11) is 0. The van der Waals surface area contributed by atoms with Crippen LogP contribution < -0.4 is 11.3 Å². The van der Waals surface area contributed by atoms with Gasteiger partial charge in [-0.1, -0.05) is 13.0 Å². The van der Waals surface area contributed by atoms with Crippen LogP contribution in [0.2, 0.25) is 0 Å². The lowest BCUT2D eigenvalue weighted by Crippen LogP contribution is -2.27. The molecule has 0 aromatic carbocycles. The van der Waals surface area contributed by atoms with Crippen molar-refractivity contribution < 1.29 is 9.50 Å². The summed E-state index contributed by atoms with van der Waals surface area (Å²) in [4.78, 5) is 13.2. The Bertz CT molecular complexity index is 995. The third-order valence-corrected chi connectivity index (χ3v) is 6.46. The van der Waals surface area contributed by atoms with E-state index in [2.05, 4.69) is 13.5 Å². The molecule has 3 atom stereocenters. The standard InChI is InChI=1S/C24H31FN2O2/c1-6-17-15(4)21-12-27-23(19(21)10-22(25)16(5)20(17)11-26)9-13(2)18(24(27)29)8-7-14(3)28/h6,9-10,14-15,17,28H,1,7-8,11-12,26H2,2-5H3/b20-16-,22-10+. The van der Waals surface area contributed by atoms with Gasteiger partial charge in [-0.15, -0.1) is 6.58 Å². The molecule has 2 heterocycles. The van der Waals surface area contributed by atoms with Gasteiger partial charge in [-0.05, 0) is 74.0 Å². The fourth-order valence-electron chi connectivity index (χ4n) is 4.62. The maximum absolute atomic E-state index is 15.1. The molecule has 1 aliphatic heterocycles. The number of allylic oxidation sites excluding steroid dienone is 6. The molecule has 0 saturated carbocycles. The minimum atomic E-state index is -0.459. The number of nitrogens with two attached hydrogens (primary N) is 1. The summed E-state index contributed by atoms with van der Waals surface area (Å²) in [6.07, 6.45) is 4.00. The predicted octanol–water partition coefficient (Wildman–Crippen LogP) is 3.82. The van der Waals surface area contributed by atoms with Crippen molar-refractivity contribution in [1.82, 2.24) is 4.57 Å². The van der Waals surface area contributed by atoms with Crippen LogP contribution in [-0.4, -0.2) is 22.3 Å². The van der Waals surface area contributed by atoms with Crippen LogP contribution in [0.3, 0.4) is 0 Å². The van der Waals surface area contributed by atoms with Crippen molar-refractivity contribution in [2.45, 2.75) is 53.2 Å². The van der Waals surface area contributed by atoms with Gasteiger partial charge in [0.25, 0.3) is 5.56 Å². The van der Waals surface area contributed by atoms with Crippen LogP contribution in [0.25, 0.3) is 5.57 Å². The number of aryl methyl sites for hydroxylation is 1. The number of aliphatic hydroxyl groups is 1. The van der Waals surface area contributed by atoms with E-state index in [9.17, 15) is 9.90 Å². The van der Waals surface area contributed by atoms with Crippen molar-refractivity contribution in [2.24, 2.45) is 17.6 Å². The van der Waals surface area contributed by atoms with Crippen molar-refractivity contribution in [3.63, 3.8) is 0 Å². The van der Waals surface area contributed by atoms with E-state index in [-0.39, 0.29) is 29.8 Å². The molecule has 0 bridgehead atoms. The van der Waals surface area contributed by atoms with Crippen molar-refractivity contribution in [2.75, 3.05) is 6.54 Å². The van der Waals surface area contributed by atoms with Gasteiger partial charge in [0, 0.05) is 30.1 Å². The quantitative estimate of drug-likeness (QED) is 0.741. The molecule has 29 heavy (non-hydrogen) atoms. The molecule has 0 spiro atoms. The van der Waals surface area contributed by atoms with Gasteiger partial charge < -0.3 is 15.4 Å². The van der Waals surface area contributed by atoms with E-state index in [0.29, 0.717) is 25.0 Å². The largest absolute Gasteiger partial charge is 0.393 e. The molecule has 0 saturated heterocycles. The molecular weight excluding hydrogens is 367 g/mol. The second kappa shape index (κ2) is 8.25. The van der Waals surface area contributed by atoms with Gasteiger partial charge in [-0.2, -0.15) is 0 Å². The normalized spacial score (nSPS) is 26.9. The van der Waals surface area contributed by atoms with Crippen molar-refractivity contribution in [3.05, 3.63) is 74.5 Å². The highest BCUT2D eigenvalue weighted by Crippen LogP contribution is 2.42. The predicted molar refractivity (Wildman–Crippen MR) is 116 cm³/mol. The van der Waals surface area contributed by atoms with Crippen molar-refractivity contribution in [1.29, 1.82) is 0 Å². The molecule has 1 aromatic rings. The molecule has 0 amide bonds. The van der Waals surface area contributed by atoms with Gasteiger partial charge in [-0.3, -0.25) is 4.79 Å². The van der Waals surface area contributed by atoms with Crippen LogP contribution in [0.4, 0.5) is 4.39 Å². The highest BCUT2D eigenvalue weighted by Gasteiger charge is 2.33. The van der Waals surface area contributed by atoms with Gasteiger partial charge in [0.1, 0.15) is 5.83 Å². The fourth-order valence-corrected chi connectivity index (χ4v) is 4.62. The summed E-state index contributed by atoms with van der Waals surface area (Å²) in [5.74, 6) is -0.334. The van der Waals surface area contributed by atoms with Crippen LogP contribution in [0.15, 0.2) is 52.1 Å². The lowest BCUT2D eigenvalue weighted by Gasteiger charge is -2.28. The highest BCUT2D eigenvalue weighted by molar-refractivity contribution is 5.80. The molecule has 5 heteroatoms. The molecule has 0 radical (unpaired) electrons. The molecular formula is C24H31FN2O2. The van der Waals surface area contributed by atoms with Crippen molar-refractivity contribution >= 4 is 5.57 Å². The van der Waals surface area contributed by atoms with E-state index in [4.69, 9.17) is 5.73 Å². The molecule has 3 unspecified atom stereocenters. The number of rotatable bonds is 5. The zero-order valence-electron chi connectivity index (χ0n) is 17.8. The van der Waals surface area contributed by atoms with Crippen LogP contribution in [0, 0.1) is 18.8 Å². The monoisotopic (exact) mass is 398 g/mol. The van der Waals surface area contributed by atoms with E-state index in [1.165, 1.54) is 0 Å². The molecule has 156 valence electrons. The first-order chi connectivity index (χ1) is 13.7. The summed E-state index contributed by atoms with van der Waals surface area (Å²) >= 11 is 0. The number of fused-ring (bicyclic) bond motifs is 2. The molecule has 1 aliphatic carbocycles. The number of aromatic nitrogens is 1. The second-order valence-electron chi connectivity index (χ2n) is 8.31. The van der Waals surface area contributed by atoms with Crippen molar-refractivity contribution in [3.8, 4) is 0 Å². The number of halogens is 1. The summed E-state index contributed by atoms with van der Waals surface area (Å²) in [5, 5.41) is 9.62. The SMILES string of the molecule is C=CC1/C(CN)=C(C)\C(F)=C/C2=C(Cn3c2cc(C)c(CCC(C)O)c3=O)C1C. The average Bonchev–Trinajstić information content (AvgIpc) is 3.02. The third kappa shape index (κ3) is 3.69. The number of aliphatic hydroxyl groups excluding tert-OH is 1. The van der Waals surface area contributed by atoms with E-state index >= 15 is 4.39 Å². The maximum Gasteiger partial charge on any atom is 0.254 e. The summed E-state index contributed by atoms with van der Waals surface area (Å²) < 4.78 is 16.8. The molecule has 1 aromatic heterocycles. The van der Waals surface area contributed by atoms with E-state index in [0.717, 1.165) is 33.5 Å². The summed E-state index contributed by atoms with van der Waals surface area (Å²) in [6, 6.07) is 1.98. The molecule has 0 fully saturated rings.